The summed E-state index contributed by atoms with van der Waals surface area (Å²) in [5.74, 6) is 0. The molecule has 18 heavy (non-hydrogen) atoms. The van der Waals surface area contributed by atoms with Crippen molar-refractivity contribution in [3.63, 3.8) is 0 Å². The summed E-state index contributed by atoms with van der Waals surface area (Å²) in [6.07, 6.45) is 3.48. The zero-order valence-corrected chi connectivity index (χ0v) is 17.0. The Hall–Kier alpha value is 1.43. The fraction of sp³-hybridized carbons (Fsp3) is 0.333. The first kappa shape index (κ1) is 31.7. The van der Waals surface area contributed by atoms with Crippen molar-refractivity contribution in [3.05, 3.63) is 42.0 Å². The molecule has 0 fully saturated rings. The molecule has 0 nitrogen and oxygen atoms in total. The van der Waals surface area contributed by atoms with Crippen molar-refractivity contribution in [2.45, 2.75) is 13.3 Å². The van der Waals surface area contributed by atoms with Gasteiger partial charge in [-0.25, -0.2) is 0 Å². The summed E-state index contributed by atoms with van der Waals surface area (Å²) >= 11 is 0. The molecule has 1 rings (SSSR count). The molecular weight excluding hydrogens is 408 g/mol. The van der Waals surface area contributed by atoms with Gasteiger partial charge in [0.2, 0.25) is 0 Å². The molecule has 0 bridgehead atoms. The Morgan fingerprint density at radius 1 is 1.00 bits per heavy atom. The molecule has 0 amide bonds. The van der Waals surface area contributed by atoms with E-state index in [0.29, 0.717) is 0 Å². The molecule has 0 radical (unpaired) electrons. The maximum absolute atomic E-state index is 2.35. The fourth-order valence-corrected chi connectivity index (χ4v) is 2.57. The van der Waals surface area contributed by atoms with Gasteiger partial charge in [0, 0.05) is 0 Å². The van der Waals surface area contributed by atoms with Gasteiger partial charge in [-0.3, -0.25) is 0 Å². The minimum atomic E-state index is 0. The standard InChI is InChI=1S/C12H17P.4ClH.Zr/c1-4-8-12(13(2)3)11-9-6-5-7-10-11;;;;;/h5-10H,4H2,1-3H3;4*1H;/q;;;;;+4/p-4. The van der Waals surface area contributed by atoms with Crippen molar-refractivity contribution in [2.75, 3.05) is 13.3 Å². The smallest absolute Gasteiger partial charge is 1.00 e. The van der Waals surface area contributed by atoms with Crippen LogP contribution in [0.2, 0.25) is 0 Å². The van der Waals surface area contributed by atoms with Crippen LogP contribution in [0.5, 0.6) is 0 Å². The van der Waals surface area contributed by atoms with Crippen LogP contribution in [0.1, 0.15) is 18.9 Å². The largest absolute Gasteiger partial charge is 4.00 e. The Morgan fingerprint density at radius 2 is 1.44 bits per heavy atom. The van der Waals surface area contributed by atoms with E-state index in [1.807, 2.05) is 0 Å². The predicted molar refractivity (Wildman–Crippen MR) is 63.5 cm³/mol. The van der Waals surface area contributed by atoms with Crippen molar-refractivity contribution < 1.29 is 75.8 Å². The second kappa shape index (κ2) is 18.4. The Morgan fingerprint density at radius 3 is 1.78 bits per heavy atom. The van der Waals surface area contributed by atoms with Crippen LogP contribution >= 0.6 is 7.92 Å². The van der Waals surface area contributed by atoms with E-state index >= 15 is 0 Å². The first-order chi connectivity index (χ1) is 6.25. The molecule has 0 aromatic heterocycles. The SMILES string of the molecule is CCC=C(c1ccccc1)P(C)C.[Cl-].[Cl-].[Cl-].[Cl-].[Zr+4]. The van der Waals surface area contributed by atoms with E-state index in [9.17, 15) is 0 Å². The molecule has 0 unspecified atom stereocenters. The molecule has 0 N–H and O–H groups in total. The third-order valence-electron chi connectivity index (χ3n) is 1.95. The van der Waals surface area contributed by atoms with E-state index < -0.39 is 0 Å². The van der Waals surface area contributed by atoms with Crippen molar-refractivity contribution in [1.82, 2.24) is 0 Å². The fourth-order valence-electron chi connectivity index (χ4n) is 1.36. The van der Waals surface area contributed by atoms with E-state index in [1.165, 1.54) is 10.9 Å². The summed E-state index contributed by atoms with van der Waals surface area (Å²) < 4.78 is 0. The summed E-state index contributed by atoms with van der Waals surface area (Å²) in [6.45, 7) is 6.81. The molecule has 0 aliphatic heterocycles. The monoisotopic (exact) mass is 422 g/mol. The molecule has 0 heterocycles. The van der Waals surface area contributed by atoms with Gasteiger partial charge in [0.05, 0.1) is 0 Å². The molecule has 0 aliphatic rings. The van der Waals surface area contributed by atoms with E-state index in [2.05, 4.69) is 56.7 Å². The molecule has 1 aromatic carbocycles. The van der Waals surface area contributed by atoms with Crippen molar-refractivity contribution in [3.8, 4) is 0 Å². The molecule has 0 atom stereocenters. The number of rotatable bonds is 3. The molecule has 0 spiro atoms. The predicted octanol–water partition coefficient (Wildman–Crippen LogP) is -7.81. The van der Waals surface area contributed by atoms with Crippen LogP contribution in [0, 0.1) is 0 Å². The van der Waals surface area contributed by atoms with Crippen molar-refractivity contribution in [2.24, 2.45) is 0 Å². The third kappa shape index (κ3) is 11.3. The second-order valence-electron chi connectivity index (χ2n) is 3.26. The summed E-state index contributed by atoms with van der Waals surface area (Å²) in [5, 5.41) is 1.53. The van der Waals surface area contributed by atoms with Gasteiger partial charge < -0.3 is 49.6 Å². The van der Waals surface area contributed by atoms with E-state index in [1.54, 1.807) is 0 Å². The van der Waals surface area contributed by atoms with Gasteiger partial charge in [0.15, 0.2) is 0 Å². The third-order valence-corrected chi connectivity index (χ3v) is 3.35. The van der Waals surface area contributed by atoms with E-state index in [0.717, 1.165) is 6.42 Å². The number of benzene rings is 1. The summed E-state index contributed by atoms with van der Waals surface area (Å²) in [7, 11) is 0.0150. The van der Waals surface area contributed by atoms with E-state index in [4.69, 9.17) is 0 Å². The second-order valence-corrected chi connectivity index (χ2v) is 5.53. The number of halogens is 4. The number of allylic oxidation sites excluding steroid dienone is 1. The van der Waals surface area contributed by atoms with Crippen LogP contribution < -0.4 is 49.6 Å². The van der Waals surface area contributed by atoms with Crippen LogP contribution in [0.4, 0.5) is 0 Å². The van der Waals surface area contributed by atoms with Crippen LogP contribution in [0.3, 0.4) is 0 Å². The Labute approximate surface area is 156 Å². The number of hydrogen-bond acceptors (Lipinski definition) is 0. The molecule has 0 aliphatic carbocycles. The molecule has 102 valence electrons. The minimum Gasteiger partial charge on any atom is -1.00 e. The Kier molecular flexibility index (Phi) is 32.5. The topological polar surface area (TPSA) is 0 Å². The zero-order chi connectivity index (χ0) is 9.68. The maximum atomic E-state index is 2.35. The average molecular weight is 425 g/mol. The first-order valence-corrected chi connectivity index (χ1v) is 6.92. The van der Waals surface area contributed by atoms with Crippen LogP contribution in [-0.2, 0) is 26.2 Å². The van der Waals surface area contributed by atoms with E-state index in [-0.39, 0.29) is 83.8 Å². The molecule has 0 saturated heterocycles. The van der Waals surface area contributed by atoms with Gasteiger partial charge in [0.25, 0.3) is 0 Å². The van der Waals surface area contributed by atoms with Crippen molar-refractivity contribution >= 4 is 13.2 Å². The quantitative estimate of drug-likeness (QED) is 0.423. The van der Waals surface area contributed by atoms with Gasteiger partial charge in [-0.2, -0.15) is 0 Å². The Bertz CT molecular complexity index is 291. The first-order valence-electron chi connectivity index (χ1n) is 4.68. The zero-order valence-electron chi connectivity index (χ0n) is 10.6. The van der Waals surface area contributed by atoms with Gasteiger partial charge in [-0.05, 0) is 30.6 Å². The van der Waals surface area contributed by atoms with Gasteiger partial charge in [-0.1, -0.05) is 51.3 Å². The summed E-state index contributed by atoms with van der Waals surface area (Å²) in [5.41, 5.74) is 1.39. The summed E-state index contributed by atoms with van der Waals surface area (Å²) in [6, 6.07) is 10.7. The van der Waals surface area contributed by atoms with Crippen LogP contribution in [0.25, 0.3) is 5.31 Å². The molecule has 1 aromatic rings. The number of hydrogen-bond donors (Lipinski definition) is 0. The molecule has 0 saturated carbocycles. The summed E-state index contributed by atoms with van der Waals surface area (Å²) in [4.78, 5) is 0. The minimum absolute atomic E-state index is 0. The maximum Gasteiger partial charge on any atom is 4.00 e. The van der Waals surface area contributed by atoms with Gasteiger partial charge in [0.1, 0.15) is 0 Å². The molecule has 6 heteroatoms. The normalized spacial score (nSPS) is 8.78. The van der Waals surface area contributed by atoms with Crippen molar-refractivity contribution in [1.29, 1.82) is 0 Å². The average Bonchev–Trinajstić information content (AvgIpc) is 2.15. The van der Waals surface area contributed by atoms with Gasteiger partial charge in [-0.15, -0.1) is 0 Å². The van der Waals surface area contributed by atoms with Crippen LogP contribution in [0.15, 0.2) is 36.4 Å². The Balaban J connectivity index is -0.000000113. The van der Waals surface area contributed by atoms with Gasteiger partial charge >= 0.3 is 26.2 Å². The van der Waals surface area contributed by atoms with Crippen LogP contribution in [-0.4, -0.2) is 13.3 Å². The molecular formula is C12H17Cl4PZr.